The van der Waals surface area contributed by atoms with Crippen molar-refractivity contribution >= 4 is 41.1 Å². The van der Waals surface area contributed by atoms with E-state index in [2.05, 4.69) is 79.0 Å². The Morgan fingerprint density at radius 3 is 1.43 bits per heavy atom. The van der Waals surface area contributed by atoms with Crippen molar-refractivity contribution < 1.29 is 9.59 Å². The fourth-order valence-electron chi connectivity index (χ4n) is 6.00. The minimum atomic E-state index is -0.283. The Kier molecular flexibility index (Phi) is 12.3. The van der Waals surface area contributed by atoms with Gasteiger partial charge in [-0.1, -0.05) is 81.8 Å². The molecule has 3 heterocycles. The molecule has 2 amide bonds. The molecule has 12 nitrogen and oxygen atoms in total. The monoisotopic (exact) mass is 666 g/mol. The maximum Gasteiger partial charge on any atom is 0.258 e. The Bertz CT molecular complexity index is 1620. The van der Waals surface area contributed by atoms with Crippen molar-refractivity contribution in [3.8, 4) is 0 Å². The van der Waals surface area contributed by atoms with Crippen LogP contribution >= 0.6 is 0 Å². The number of fused-ring (bicyclic) bond motifs is 1. The third kappa shape index (κ3) is 9.01. The number of carbonyl (C=O) groups excluding carboxylic acids is 2. The van der Waals surface area contributed by atoms with Gasteiger partial charge in [0.2, 0.25) is 17.8 Å². The molecule has 0 unspecified atom stereocenters. The number of aryl methyl sites for hydroxylation is 1. The van der Waals surface area contributed by atoms with Gasteiger partial charge in [0, 0.05) is 19.6 Å². The van der Waals surface area contributed by atoms with Crippen LogP contribution in [0.4, 0.5) is 17.8 Å². The molecule has 3 aromatic rings. The average molecular weight is 667 g/mol. The molecule has 0 radical (unpaired) electrons. The highest BCUT2D eigenvalue weighted by Crippen LogP contribution is 2.37. The molecule has 0 spiro atoms. The Labute approximate surface area is 289 Å². The molecule has 2 aliphatic rings. The minimum absolute atomic E-state index is 0.283. The molecule has 0 atom stereocenters. The molecule has 5 rings (SSSR count). The number of anilines is 3. The van der Waals surface area contributed by atoms with E-state index in [0.29, 0.717) is 46.9 Å². The maximum absolute atomic E-state index is 13.1. The van der Waals surface area contributed by atoms with Gasteiger partial charge in [0.25, 0.3) is 11.8 Å². The van der Waals surface area contributed by atoms with Gasteiger partial charge >= 0.3 is 0 Å². The molecule has 12 heteroatoms. The number of benzene rings is 2. The van der Waals surface area contributed by atoms with E-state index in [-0.39, 0.29) is 11.8 Å². The quantitative estimate of drug-likeness (QED) is 0.117. The highest BCUT2D eigenvalue weighted by Gasteiger charge is 2.40. The molecule has 49 heavy (non-hydrogen) atoms. The first-order chi connectivity index (χ1) is 23.8. The second kappa shape index (κ2) is 17.0. The lowest BCUT2D eigenvalue weighted by Crippen LogP contribution is -2.26. The van der Waals surface area contributed by atoms with Crippen molar-refractivity contribution in [2.24, 2.45) is 0 Å². The number of aromatic nitrogens is 3. The molecule has 1 aromatic heterocycles. The van der Waals surface area contributed by atoms with Gasteiger partial charge in [0.15, 0.2) is 0 Å². The summed E-state index contributed by atoms with van der Waals surface area (Å²) in [5.74, 6) is 0.981. The normalized spacial score (nSPS) is 14.1. The van der Waals surface area contributed by atoms with Gasteiger partial charge in [0.05, 0.1) is 22.5 Å². The van der Waals surface area contributed by atoms with Gasteiger partial charge in [-0.25, -0.2) is 0 Å². The van der Waals surface area contributed by atoms with Crippen LogP contribution in [0.1, 0.15) is 62.8 Å². The van der Waals surface area contributed by atoms with Gasteiger partial charge in [-0.05, 0) is 75.7 Å². The van der Waals surface area contributed by atoms with Crippen LogP contribution in [-0.2, 0) is 16.1 Å². The summed E-state index contributed by atoms with van der Waals surface area (Å²) in [5, 5.41) is 16.0. The molecule has 0 aliphatic carbocycles. The van der Waals surface area contributed by atoms with E-state index in [9.17, 15) is 9.59 Å². The fourth-order valence-corrected chi connectivity index (χ4v) is 6.00. The van der Waals surface area contributed by atoms with Crippen LogP contribution < -0.4 is 26.6 Å². The number of hydrogen-bond donors (Lipinski definition) is 5. The third-order valence-electron chi connectivity index (χ3n) is 9.01. The smallest absolute Gasteiger partial charge is 0.258 e. The van der Waals surface area contributed by atoms with Gasteiger partial charge in [0.1, 0.15) is 0 Å². The van der Waals surface area contributed by atoms with Gasteiger partial charge in [-0.15, -0.1) is 0 Å². The third-order valence-corrected chi connectivity index (χ3v) is 9.01. The van der Waals surface area contributed by atoms with Gasteiger partial charge in [-0.2, -0.15) is 15.0 Å². The second-order valence-electron chi connectivity index (χ2n) is 12.2. The first kappa shape index (κ1) is 35.5. The molecular formula is C37H50N10O2. The first-order valence-electron chi connectivity index (χ1n) is 17.5. The van der Waals surface area contributed by atoms with Crippen molar-refractivity contribution in [3.05, 3.63) is 81.9 Å². The summed E-state index contributed by atoms with van der Waals surface area (Å²) in [4.78, 5) is 44.8. The van der Waals surface area contributed by atoms with E-state index in [1.54, 1.807) is 0 Å². The van der Waals surface area contributed by atoms with Crippen LogP contribution in [0.15, 0.2) is 59.7 Å². The van der Waals surface area contributed by atoms with Crippen molar-refractivity contribution in [3.63, 3.8) is 0 Å². The highest BCUT2D eigenvalue weighted by molar-refractivity contribution is 6.30. The summed E-state index contributed by atoms with van der Waals surface area (Å²) in [5.41, 5.74) is 5.49. The lowest BCUT2D eigenvalue weighted by molar-refractivity contribution is -0.117. The lowest BCUT2D eigenvalue weighted by atomic mass is 10.0. The zero-order chi connectivity index (χ0) is 34.8. The number of carbonyl (C=O) groups is 2. The van der Waals surface area contributed by atoms with Crippen LogP contribution in [0, 0.1) is 6.92 Å². The summed E-state index contributed by atoms with van der Waals surface area (Å²) < 4.78 is 0. The topological polar surface area (TPSA) is 139 Å². The predicted molar refractivity (Wildman–Crippen MR) is 197 cm³/mol. The molecule has 0 fully saturated rings. The molecule has 0 saturated carbocycles. The van der Waals surface area contributed by atoms with Gasteiger partial charge < -0.3 is 36.4 Å². The predicted octanol–water partition coefficient (Wildman–Crippen LogP) is 4.46. The van der Waals surface area contributed by atoms with Crippen LogP contribution in [0.2, 0.25) is 0 Å². The SMILES string of the molecule is CCN(CC)CCCNc1nc(NCCCN(CC)CC)nc(NCc2ccc(C3=C4C(=O)NC(c5ccc(C)cc5)=C4C(=O)N3)cc2)n1. The minimum Gasteiger partial charge on any atom is -0.354 e. The van der Waals surface area contributed by atoms with Crippen molar-refractivity contribution in [1.29, 1.82) is 0 Å². The van der Waals surface area contributed by atoms with Crippen molar-refractivity contribution in [2.45, 2.75) is 54.0 Å². The van der Waals surface area contributed by atoms with E-state index in [1.807, 2.05) is 55.5 Å². The molecule has 260 valence electrons. The molecule has 0 bridgehead atoms. The van der Waals surface area contributed by atoms with E-state index in [4.69, 9.17) is 0 Å². The van der Waals surface area contributed by atoms with E-state index in [1.165, 1.54) is 0 Å². The number of hydrogen-bond acceptors (Lipinski definition) is 10. The summed E-state index contributed by atoms with van der Waals surface area (Å²) >= 11 is 0. The van der Waals surface area contributed by atoms with E-state index in [0.717, 1.165) is 87.5 Å². The van der Waals surface area contributed by atoms with Crippen molar-refractivity contribution in [2.75, 3.05) is 68.3 Å². The number of rotatable bonds is 19. The number of nitrogens with zero attached hydrogens (tertiary/aromatic N) is 5. The van der Waals surface area contributed by atoms with Crippen LogP contribution in [0.25, 0.3) is 11.4 Å². The highest BCUT2D eigenvalue weighted by atomic mass is 16.2. The molecule has 2 aromatic carbocycles. The lowest BCUT2D eigenvalue weighted by Gasteiger charge is -2.18. The van der Waals surface area contributed by atoms with Crippen LogP contribution in [-0.4, -0.2) is 88.9 Å². The molecule has 2 aliphatic heterocycles. The Hall–Kier alpha value is -4.81. The summed E-state index contributed by atoms with van der Waals surface area (Å²) in [6, 6.07) is 15.5. The molecular weight excluding hydrogens is 616 g/mol. The van der Waals surface area contributed by atoms with Crippen molar-refractivity contribution in [1.82, 2.24) is 35.4 Å². The number of nitrogens with one attached hydrogen (secondary N) is 5. The van der Waals surface area contributed by atoms with Crippen LogP contribution in [0.3, 0.4) is 0 Å². The zero-order valence-electron chi connectivity index (χ0n) is 29.4. The Morgan fingerprint density at radius 1 is 0.592 bits per heavy atom. The number of amides is 2. The summed E-state index contributed by atoms with van der Waals surface area (Å²) in [6.45, 7) is 18.9. The average Bonchev–Trinajstić information content (AvgIpc) is 3.65. The molecule has 5 N–H and O–H groups in total. The second-order valence-corrected chi connectivity index (χ2v) is 12.2. The van der Waals surface area contributed by atoms with Crippen LogP contribution in [0.5, 0.6) is 0 Å². The first-order valence-corrected chi connectivity index (χ1v) is 17.5. The fraction of sp³-hybridized carbons (Fsp3) is 0.432. The van der Waals surface area contributed by atoms with E-state index < -0.39 is 0 Å². The largest absolute Gasteiger partial charge is 0.354 e. The maximum atomic E-state index is 13.1. The zero-order valence-corrected chi connectivity index (χ0v) is 29.4. The summed E-state index contributed by atoms with van der Waals surface area (Å²) in [6.07, 6.45) is 1.97. The van der Waals surface area contributed by atoms with E-state index >= 15 is 0 Å². The van der Waals surface area contributed by atoms with Gasteiger partial charge in [-0.3, -0.25) is 9.59 Å². The Balaban J connectivity index is 1.26. The molecule has 0 saturated heterocycles. The standard InChI is InChI=1S/C37H50N10O2/c1-6-46(7-2)22-10-20-38-35-43-36(39-21-11-23-47(8-3)9-4)45-37(44-35)40-24-26-14-18-28(19-15-26)32-30-29(33(48)42-32)31(41-34(30)49)27-16-12-25(5)13-17-27/h12-19H,6-11,20-24H2,1-5H3,(H,41,49)(H,42,48)(H3,38,39,40,43,44,45). The Morgan fingerprint density at radius 2 is 1.00 bits per heavy atom. The summed E-state index contributed by atoms with van der Waals surface area (Å²) in [7, 11) is 0.